The molecular formula is C8H14N2O3. The second-order valence-electron chi connectivity index (χ2n) is 4.13. The zero-order chi connectivity index (χ0) is 10.4. The van der Waals surface area contributed by atoms with Gasteiger partial charge in [0.15, 0.2) is 0 Å². The van der Waals surface area contributed by atoms with Crippen molar-refractivity contribution < 1.29 is 15.1 Å². The summed E-state index contributed by atoms with van der Waals surface area (Å²) in [6, 6.07) is 0. The van der Waals surface area contributed by atoms with Gasteiger partial charge in [0.25, 0.3) is 0 Å². The zero-order valence-electron chi connectivity index (χ0n) is 8.20. The first-order valence-corrected chi connectivity index (χ1v) is 4.02. The summed E-state index contributed by atoms with van der Waals surface area (Å²) >= 11 is 0. The Labute approximate surface area is 76.6 Å². The molecule has 13 heavy (non-hydrogen) atoms. The lowest BCUT2D eigenvalue weighted by Gasteiger charge is -2.32. The van der Waals surface area contributed by atoms with Gasteiger partial charge < -0.3 is 10.3 Å². The molecule has 1 aliphatic rings. The Balaban J connectivity index is 3.17. The van der Waals surface area contributed by atoms with Gasteiger partial charge in [-0.3, -0.25) is 4.99 Å². The minimum Gasteiger partial charge on any atom is -0.477 e. The van der Waals surface area contributed by atoms with Crippen LogP contribution in [0.1, 0.15) is 27.7 Å². The van der Waals surface area contributed by atoms with E-state index in [1.54, 1.807) is 27.7 Å². The van der Waals surface area contributed by atoms with Gasteiger partial charge in [0, 0.05) is 0 Å². The Morgan fingerprint density at radius 1 is 1.38 bits per heavy atom. The lowest BCUT2D eigenvalue weighted by atomic mass is 9.99. The van der Waals surface area contributed by atoms with Crippen molar-refractivity contribution in [1.29, 1.82) is 0 Å². The number of hydrogen-bond acceptors (Lipinski definition) is 4. The molecule has 0 saturated heterocycles. The molecule has 0 aliphatic carbocycles. The average molecular weight is 186 g/mol. The molecule has 2 N–H and O–H groups in total. The van der Waals surface area contributed by atoms with Crippen molar-refractivity contribution in [2.24, 2.45) is 4.99 Å². The van der Waals surface area contributed by atoms with Crippen LogP contribution in [0, 0.1) is 0 Å². The molecule has 0 saturated carbocycles. The molecule has 0 aromatic heterocycles. The van der Waals surface area contributed by atoms with Gasteiger partial charge in [-0.15, -0.1) is 0 Å². The summed E-state index contributed by atoms with van der Waals surface area (Å²) in [5.74, 6) is -1.09. The fraction of sp³-hybridized carbons (Fsp3) is 0.750. The standard InChI is InChI=1S/C8H14N2O3/c1-7(2)5(6(11)12)9-8(3,4)10(7)13/h13H,1-4H3,(H,11,12). The molecule has 74 valence electrons. The van der Waals surface area contributed by atoms with Crippen LogP contribution >= 0.6 is 0 Å². The van der Waals surface area contributed by atoms with Crippen molar-refractivity contribution in [3.8, 4) is 0 Å². The molecular weight excluding hydrogens is 172 g/mol. The summed E-state index contributed by atoms with van der Waals surface area (Å²) in [6.45, 7) is 6.55. The van der Waals surface area contributed by atoms with Crippen LogP contribution < -0.4 is 0 Å². The zero-order valence-corrected chi connectivity index (χ0v) is 8.20. The molecule has 0 bridgehead atoms. The third-order valence-electron chi connectivity index (χ3n) is 2.22. The lowest BCUT2D eigenvalue weighted by molar-refractivity contribution is -0.188. The van der Waals surface area contributed by atoms with Crippen LogP contribution in [0.15, 0.2) is 4.99 Å². The summed E-state index contributed by atoms with van der Waals surface area (Å²) in [6.07, 6.45) is 0. The Bertz CT molecular complexity index is 281. The van der Waals surface area contributed by atoms with E-state index < -0.39 is 17.2 Å². The van der Waals surface area contributed by atoms with E-state index in [9.17, 15) is 10.0 Å². The summed E-state index contributed by atoms with van der Waals surface area (Å²) in [4.78, 5) is 14.7. The number of aliphatic imine (C=N–C) groups is 1. The van der Waals surface area contributed by atoms with Gasteiger partial charge in [-0.1, -0.05) is 0 Å². The lowest BCUT2D eigenvalue weighted by Crippen LogP contribution is -2.51. The SMILES string of the molecule is CC1(C)N=C(C(=O)O)C(C)(C)N1O. The topological polar surface area (TPSA) is 73.1 Å². The number of carboxylic acid groups (broad SMARTS) is 1. The van der Waals surface area contributed by atoms with E-state index in [1.807, 2.05) is 0 Å². The summed E-state index contributed by atoms with van der Waals surface area (Å²) < 4.78 is 0. The highest BCUT2D eigenvalue weighted by Gasteiger charge is 2.49. The summed E-state index contributed by atoms with van der Waals surface area (Å²) in [5, 5.41) is 19.5. The first-order valence-electron chi connectivity index (χ1n) is 4.02. The number of nitrogens with zero attached hydrogens (tertiary/aromatic N) is 2. The van der Waals surface area contributed by atoms with Crippen molar-refractivity contribution in [2.45, 2.75) is 38.9 Å². The molecule has 0 aromatic rings. The largest absolute Gasteiger partial charge is 0.477 e. The number of hydroxylamine groups is 2. The highest BCUT2D eigenvalue weighted by Crippen LogP contribution is 2.32. The van der Waals surface area contributed by atoms with E-state index in [1.165, 1.54) is 0 Å². The maximum atomic E-state index is 10.8. The fourth-order valence-corrected chi connectivity index (χ4v) is 1.55. The normalized spacial score (nSPS) is 25.8. The van der Waals surface area contributed by atoms with Crippen LogP contribution in [0.5, 0.6) is 0 Å². The quantitative estimate of drug-likeness (QED) is 0.633. The highest BCUT2D eigenvalue weighted by molar-refractivity contribution is 6.39. The predicted octanol–water partition coefficient (Wildman–Crippen LogP) is 0.732. The smallest absolute Gasteiger partial charge is 0.351 e. The fourth-order valence-electron chi connectivity index (χ4n) is 1.55. The van der Waals surface area contributed by atoms with Crippen molar-refractivity contribution >= 4 is 11.7 Å². The van der Waals surface area contributed by atoms with Crippen LogP contribution in [-0.4, -0.2) is 38.3 Å². The Hall–Kier alpha value is -0.940. The molecule has 0 radical (unpaired) electrons. The number of aliphatic carboxylic acids is 1. The molecule has 5 heteroatoms. The molecule has 0 unspecified atom stereocenters. The van der Waals surface area contributed by atoms with Crippen LogP contribution in [0.2, 0.25) is 0 Å². The molecule has 0 amide bonds. The maximum Gasteiger partial charge on any atom is 0.351 e. The second kappa shape index (κ2) is 2.52. The molecule has 0 aromatic carbocycles. The molecule has 0 fully saturated rings. The van der Waals surface area contributed by atoms with Crippen molar-refractivity contribution in [2.75, 3.05) is 0 Å². The first kappa shape index (κ1) is 10.1. The van der Waals surface area contributed by atoms with E-state index in [4.69, 9.17) is 5.11 Å². The van der Waals surface area contributed by atoms with Gasteiger partial charge in [0.05, 0.1) is 5.54 Å². The first-order chi connectivity index (χ1) is 5.69. The van der Waals surface area contributed by atoms with E-state index in [2.05, 4.69) is 4.99 Å². The van der Waals surface area contributed by atoms with Gasteiger partial charge in [-0.05, 0) is 27.7 Å². The van der Waals surface area contributed by atoms with Crippen LogP contribution in [0.4, 0.5) is 0 Å². The molecule has 1 heterocycles. The van der Waals surface area contributed by atoms with Crippen LogP contribution in [0.25, 0.3) is 0 Å². The minimum atomic E-state index is -1.09. The predicted molar refractivity (Wildman–Crippen MR) is 46.9 cm³/mol. The van der Waals surface area contributed by atoms with E-state index in [0.717, 1.165) is 5.06 Å². The van der Waals surface area contributed by atoms with Crippen molar-refractivity contribution in [1.82, 2.24) is 5.06 Å². The molecule has 0 atom stereocenters. The molecule has 1 rings (SSSR count). The monoisotopic (exact) mass is 186 g/mol. The molecule has 5 nitrogen and oxygen atoms in total. The van der Waals surface area contributed by atoms with Gasteiger partial charge in [-0.2, -0.15) is 5.06 Å². The molecule has 1 aliphatic heterocycles. The third-order valence-corrected chi connectivity index (χ3v) is 2.22. The number of hydrogen-bond donors (Lipinski definition) is 2. The number of carboxylic acids is 1. The highest BCUT2D eigenvalue weighted by atomic mass is 16.5. The third kappa shape index (κ3) is 1.34. The maximum absolute atomic E-state index is 10.8. The molecule has 0 spiro atoms. The van der Waals surface area contributed by atoms with Gasteiger partial charge in [0.1, 0.15) is 11.4 Å². The average Bonchev–Trinajstić information content (AvgIpc) is 2.11. The summed E-state index contributed by atoms with van der Waals surface area (Å²) in [5.41, 5.74) is -1.81. The Morgan fingerprint density at radius 3 is 2.00 bits per heavy atom. The van der Waals surface area contributed by atoms with Crippen LogP contribution in [0.3, 0.4) is 0 Å². The van der Waals surface area contributed by atoms with E-state index in [-0.39, 0.29) is 5.71 Å². The minimum absolute atomic E-state index is 0.0139. The Morgan fingerprint density at radius 2 is 1.85 bits per heavy atom. The van der Waals surface area contributed by atoms with Crippen molar-refractivity contribution in [3.63, 3.8) is 0 Å². The van der Waals surface area contributed by atoms with E-state index in [0.29, 0.717) is 0 Å². The number of carbonyl (C=O) groups is 1. The Kier molecular flexibility index (Phi) is 1.97. The van der Waals surface area contributed by atoms with Gasteiger partial charge in [-0.25, -0.2) is 4.79 Å². The van der Waals surface area contributed by atoms with Gasteiger partial charge >= 0.3 is 5.97 Å². The van der Waals surface area contributed by atoms with E-state index >= 15 is 0 Å². The number of rotatable bonds is 1. The van der Waals surface area contributed by atoms with Gasteiger partial charge in [0.2, 0.25) is 0 Å². The van der Waals surface area contributed by atoms with Crippen LogP contribution in [-0.2, 0) is 4.79 Å². The van der Waals surface area contributed by atoms with Crippen molar-refractivity contribution in [3.05, 3.63) is 0 Å². The second-order valence-corrected chi connectivity index (χ2v) is 4.13. The summed E-state index contributed by atoms with van der Waals surface area (Å²) in [7, 11) is 0.